The van der Waals surface area contributed by atoms with Crippen LogP contribution in [0, 0.1) is 0 Å². The number of rotatable bonds is 7. The van der Waals surface area contributed by atoms with Crippen molar-refractivity contribution in [3.05, 3.63) is 47.7 Å². The van der Waals surface area contributed by atoms with Gasteiger partial charge in [-0.15, -0.1) is 0 Å². The highest BCUT2D eigenvalue weighted by Gasteiger charge is 2.28. The number of nitrogens with two attached hydrogens (primary N) is 1. The molecule has 2 aliphatic carbocycles. The molecule has 0 radical (unpaired) electrons. The molecule has 8 nitrogen and oxygen atoms in total. The number of anilines is 1. The van der Waals surface area contributed by atoms with Crippen molar-refractivity contribution in [2.45, 2.75) is 55.6 Å². The van der Waals surface area contributed by atoms with E-state index in [9.17, 15) is 8.42 Å². The fourth-order valence-corrected chi connectivity index (χ4v) is 3.84. The number of hydrogen-bond donors (Lipinski definition) is 2. The summed E-state index contributed by atoms with van der Waals surface area (Å²) in [5, 5.41) is 8.45. The van der Waals surface area contributed by atoms with Crippen LogP contribution in [0.5, 0.6) is 5.88 Å². The van der Waals surface area contributed by atoms with E-state index < -0.39 is 10.0 Å². The fourth-order valence-electron chi connectivity index (χ4n) is 3.32. The van der Waals surface area contributed by atoms with Gasteiger partial charge in [0.15, 0.2) is 5.52 Å². The van der Waals surface area contributed by atoms with Crippen LogP contribution in [-0.4, -0.2) is 29.5 Å². The molecule has 30 heavy (non-hydrogen) atoms. The smallest absolute Gasteiger partial charge is 0.245 e. The van der Waals surface area contributed by atoms with Gasteiger partial charge in [0.05, 0.1) is 16.5 Å². The normalized spacial score (nSPS) is 17.7. The molecule has 2 saturated carbocycles. The van der Waals surface area contributed by atoms with Gasteiger partial charge in [0.25, 0.3) is 0 Å². The maximum atomic E-state index is 11.5. The Labute approximate surface area is 175 Å². The lowest BCUT2D eigenvalue weighted by atomic mass is 10.1. The number of fused-ring (bicyclic) bond motifs is 1. The molecule has 0 aliphatic heterocycles. The first kappa shape index (κ1) is 19.2. The standard InChI is InChI=1S/C21H23N5O3S/c1-12(13-4-8-16(9-5-13)30(22,27)28)23-21-25-18-11-10-17(14-2-3-14)24-19(18)20(26-21)29-15-6-7-15/h4-5,8-12,14-15H,2-3,6-7H2,1H3,(H2,22,27,28)(H,23,25,26)/t12-/m1/s1. The molecular weight excluding hydrogens is 402 g/mol. The number of ether oxygens (including phenoxy) is 1. The molecule has 0 unspecified atom stereocenters. The van der Waals surface area contributed by atoms with Crippen molar-refractivity contribution in [1.82, 2.24) is 15.0 Å². The Kier molecular flexibility index (Phi) is 4.59. The van der Waals surface area contributed by atoms with Gasteiger partial charge in [-0.05, 0) is 62.4 Å². The number of primary sulfonamides is 1. The van der Waals surface area contributed by atoms with Crippen LogP contribution in [0.2, 0.25) is 0 Å². The summed E-state index contributed by atoms with van der Waals surface area (Å²) in [5.41, 5.74) is 3.42. The largest absolute Gasteiger partial charge is 0.473 e. The van der Waals surface area contributed by atoms with Gasteiger partial charge in [0.1, 0.15) is 6.10 Å². The maximum Gasteiger partial charge on any atom is 0.245 e. The van der Waals surface area contributed by atoms with Gasteiger partial charge in [0.2, 0.25) is 21.9 Å². The van der Waals surface area contributed by atoms with Crippen molar-refractivity contribution < 1.29 is 13.2 Å². The molecule has 0 bridgehead atoms. The molecule has 1 aromatic carbocycles. The molecule has 0 spiro atoms. The highest BCUT2D eigenvalue weighted by atomic mass is 32.2. The van der Waals surface area contributed by atoms with Gasteiger partial charge in [0, 0.05) is 11.6 Å². The van der Waals surface area contributed by atoms with Gasteiger partial charge < -0.3 is 10.1 Å². The summed E-state index contributed by atoms with van der Waals surface area (Å²) in [6, 6.07) is 10.3. The van der Waals surface area contributed by atoms with Crippen molar-refractivity contribution >= 4 is 27.0 Å². The Morgan fingerprint density at radius 2 is 1.77 bits per heavy atom. The zero-order chi connectivity index (χ0) is 20.9. The summed E-state index contributed by atoms with van der Waals surface area (Å²) in [6.45, 7) is 1.95. The molecule has 9 heteroatoms. The predicted octanol–water partition coefficient (Wildman–Crippen LogP) is 3.26. The van der Waals surface area contributed by atoms with E-state index in [0.29, 0.717) is 23.3 Å². The van der Waals surface area contributed by atoms with Crippen molar-refractivity contribution in [2.75, 3.05) is 5.32 Å². The van der Waals surface area contributed by atoms with Crippen molar-refractivity contribution in [3.63, 3.8) is 0 Å². The molecule has 5 rings (SSSR count). The topological polar surface area (TPSA) is 120 Å². The minimum atomic E-state index is -3.71. The summed E-state index contributed by atoms with van der Waals surface area (Å²) in [7, 11) is -3.71. The average Bonchev–Trinajstić information content (AvgIpc) is 3.61. The van der Waals surface area contributed by atoms with Gasteiger partial charge in [-0.2, -0.15) is 4.98 Å². The van der Waals surface area contributed by atoms with Gasteiger partial charge in [-0.1, -0.05) is 12.1 Å². The van der Waals surface area contributed by atoms with Crippen molar-refractivity contribution in [1.29, 1.82) is 0 Å². The Bertz CT molecular complexity index is 1210. The first-order chi connectivity index (χ1) is 14.4. The van der Waals surface area contributed by atoms with Crippen LogP contribution in [0.25, 0.3) is 11.0 Å². The number of sulfonamides is 1. The van der Waals surface area contributed by atoms with E-state index in [1.54, 1.807) is 12.1 Å². The van der Waals surface area contributed by atoms with Crippen LogP contribution >= 0.6 is 0 Å². The van der Waals surface area contributed by atoms with E-state index in [-0.39, 0.29) is 17.0 Å². The summed E-state index contributed by atoms with van der Waals surface area (Å²) in [6.07, 6.45) is 4.62. The lowest BCUT2D eigenvalue weighted by molar-refractivity contribution is 0.294. The minimum absolute atomic E-state index is 0.0815. The van der Waals surface area contributed by atoms with Crippen LogP contribution in [0.4, 0.5) is 5.95 Å². The number of nitrogens with zero attached hydrogens (tertiary/aromatic N) is 3. The molecule has 0 amide bonds. The lowest BCUT2D eigenvalue weighted by Crippen LogP contribution is -2.13. The molecule has 3 N–H and O–H groups in total. The summed E-state index contributed by atoms with van der Waals surface area (Å²) in [5.74, 6) is 1.51. The fraction of sp³-hybridized carbons (Fsp3) is 0.381. The third kappa shape index (κ3) is 4.08. The quantitative estimate of drug-likeness (QED) is 0.596. The molecule has 2 fully saturated rings. The number of hydrogen-bond acceptors (Lipinski definition) is 7. The van der Waals surface area contributed by atoms with E-state index in [0.717, 1.165) is 29.6 Å². The second-order valence-corrected chi connectivity index (χ2v) is 9.59. The highest BCUT2D eigenvalue weighted by molar-refractivity contribution is 7.89. The molecule has 2 aromatic heterocycles. The Balaban J connectivity index is 1.43. The summed E-state index contributed by atoms with van der Waals surface area (Å²) < 4.78 is 28.9. The van der Waals surface area contributed by atoms with Crippen LogP contribution < -0.4 is 15.2 Å². The van der Waals surface area contributed by atoms with E-state index in [4.69, 9.17) is 14.9 Å². The third-order valence-corrected chi connectivity index (χ3v) is 6.31. The van der Waals surface area contributed by atoms with E-state index in [1.165, 1.54) is 25.0 Å². The maximum absolute atomic E-state index is 11.5. The number of nitrogens with one attached hydrogen (secondary N) is 1. The Hall–Kier alpha value is -2.78. The minimum Gasteiger partial charge on any atom is -0.473 e. The molecular formula is C21H23N5O3S. The summed E-state index contributed by atoms with van der Waals surface area (Å²) in [4.78, 5) is 14.1. The second kappa shape index (κ2) is 7.17. The SMILES string of the molecule is C[C@@H](Nc1nc(OC2CC2)c2nc(C3CC3)ccc2n1)c1ccc(S(N)(=O)=O)cc1. The van der Waals surface area contributed by atoms with Crippen LogP contribution in [0.15, 0.2) is 41.3 Å². The average molecular weight is 426 g/mol. The number of aromatic nitrogens is 3. The van der Waals surface area contributed by atoms with E-state index >= 15 is 0 Å². The second-order valence-electron chi connectivity index (χ2n) is 8.03. The van der Waals surface area contributed by atoms with Crippen molar-refractivity contribution in [2.24, 2.45) is 5.14 Å². The number of pyridine rings is 1. The summed E-state index contributed by atoms with van der Waals surface area (Å²) >= 11 is 0. The number of benzene rings is 1. The molecule has 3 aromatic rings. The monoisotopic (exact) mass is 425 g/mol. The van der Waals surface area contributed by atoms with E-state index in [1.807, 2.05) is 19.1 Å². The van der Waals surface area contributed by atoms with E-state index in [2.05, 4.69) is 15.3 Å². The molecule has 2 heterocycles. The molecule has 0 saturated heterocycles. The molecule has 2 aliphatic rings. The zero-order valence-electron chi connectivity index (χ0n) is 16.6. The van der Waals surface area contributed by atoms with Gasteiger partial charge >= 0.3 is 0 Å². The third-order valence-electron chi connectivity index (χ3n) is 5.38. The van der Waals surface area contributed by atoms with Crippen LogP contribution in [0.3, 0.4) is 0 Å². The van der Waals surface area contributed by atoms with Crippen LogP contribution in [-0.2, 0) is 10.0 Å². The van der Waals surface area contributed by atoms with Crippen molar-refractivity contribution in [3.8, 4) is 5.88 Å². The highest BCUT2D eigenvalue weighted by Crippen LogP contribution is 2.40. The van der Waals surface area contributed by atoms with Gasteiger partial charge in [-0.3, -0.25) is 0 Å². The lowest BCUT2D eigenvalue weighted by Gasteiger charge is -2.16. The first-order valence-corrected chi connectivity index (χ1v) is 11.7. The predicted molar refractivity (Wildman–Crippen MR) is 113 cm³/mol. The Morgan fingerprint density at radius 1 is 1.03 bits per heavy atom. The van der Waals surface area contributed by atoms with Crippen LogP contribution in [0.1, 0.15) is 55.8 Å². The molecule has 1 atom stereocenters. The molecule has 156 valence electrons. The van der Waals surface area contributed by atoms with Gasteiger partial charge in [-0.25, -0.2) is 23.5 Å². The Morgan fingerprint density at radius 3 is 2.40 bits per heavy atom. The zero-order valence-corrected chi connectivity index (χ0v) is 17.4. The first-order valence-electron chi connectivity index (χ1n) is 10.1.